The Kier molecular flexibility index (Phi) is 4.39. The number of nitrogens with two attached hydrogens (primary N) is 1. The first kappa shape index (κ1) is 15.6. The number of hydrogen-bond donors (Lipinski definition) is 1. The molecule has 0 heterocycles. The fourth-order valence-corrected chi connectivity index (χ4v) is 1.90. The van der Waals surface area contributed by atoms with E-state index in [2.05, 4.69) is 0 Å². The monoisotopic (exact) mass is 331 g/mol. The molecule has 0 aromatic heterocycles. The summed E-state index contributed by atoms with van der Waals surface area (Å²) in [6.45, 7) is 0. The van der Waals surface area contributed by atoms with Crippen LogP contribution in [0, 0.1) is 0 Å². The molecule has 21 heavy (non-hydrogen) atoms. The summed E-state index contributed by atoms with van der Waals surface area (Å²) in [6.07, 6.45) is -4.47. The molecule has 0 bridgehead atoms. The molecule has 2 aromatic rings. The third-order valence-electron chi connectivity index (χ3n) is 2.61. The maximum Gasteiger partial charge on any atom is 0.416 e. The third kappa shape index (κ3) is 3.86. The zero-order valence-corrected chi connectivity index (χ0v) is 12.0. The number of halogens is 4. The van der Waals surface area contributed by atoms with E-state index in [4.69, 9.17) is 34.3 Å². The average Bonchev–Trinajstić information content (AvgIpc) is 2.40. The number of hydrogen-bond acceptors (Lipinski definition) is 2. The first-order chi connectivity index (χ1) is 9.77. The molecule has 0 radical (unpaired) electrons. The van der Waals surface area contributed by atoms with Crippen LogP contribution >= 0.6 is 23.8 Å². The minimum atomic E-state index is -4.47. The Balaban J connectivity index is 2.39. The van der Waals surface area contributed by atoms with Gasteiger partial charge in [0.15, 0.2) is 0 Å². The Morgan fingerprint density at radius 3 is 2.24 bits per heavy atom. The molecule has 0 unspecified atom stereocenters. The molecule has 7 heteroatoms. The van der Waals surface area contributed by atoms with Crippen molar-refractivity contribution in [2.24, 2.45) is 5.73 Å². The van der Waals surface area contributed by atoms with Crippen LogP contribution in [0.2, 0.25) is 5.02 Å². The lowest BCUT2D eigenvalue weighted by molar-refractivity contribution is -0.137. The van der Waals surface area contributed by atoms with Crippen molar-refractivity contribution in [1.82, 2.24) is 0 Å². The lowest BCUT2D eigenvalue weighted by atomic mass is 10.1. The maximum absolute atomic E-state index is 12.7. The van der Waals surface area contributed by atoms with Gasteiger partial charge in [-0.1, -0.05) is 23.8 Å². The molecule has 2 N–H and O–H groups in total. The molecule has 0 aliphatic carbocycles. The predicted octanol–water partition coefficient (Wildman–Crippen LogP) is 4.79. The highest BCUT2D eigenvalue weighted by Gasteiger charge is 2.31. The van der Waals surface area contributed by atoms with Crippen LogP contribution in [0.1, 0.15) is 11.1 Å². The van der Waals surface area contributed by atoms with Gasteiger partial charge in [-0.3, -0.25) is 0 Å². The van der Waals surface area contributed by atoms with Crippen molar-refractivity contribution in [3.8, 4) is 11.5 Å². The van der Waals surface area contributed by atoms with Crippen LogP contribution in [-0.4, -0.2) is 4.99 Å². The largest absolute Gasteiger partial charge is 0.457 e. The van der Waals surface area contributed by atoms with Gasteiger partial charge in [0.1, 0.15) is 16.5 Å². The van der Waals surface area contributed by atoms with Gasteiger partial charge >= 0.3 is 6.18 Å². The summed E-state index contributed by atoms with van der Waals surface area (Å²) in [5.41, 5.74) is 4.65. The standard InChI is InChI=1S/C14H9ClF3NOS/c15-9-2-4-10(5-3-9)20-12-6-1-8(14(16,17)18)7-11(12)13(19)21/h1-7H,(H2,19,21). The SMILES string of the molecule is NC(=S)c1cc(C(F)(F)F)ccc1Oc1ccc(Cl)cc1. The van der Waals surface area contributed by atoms with Crippen LogP contribution in [-0.2, 0) is 6.18 Å². The van der Waals surface area contributed by atoms with E-state index in [1.165, 1.54) is 6.07 Å². The minimum absolute atomic E-state index is 0.0229. The molecule has 2 rings (SSSR count). The quantitative estimate of drug-likeness (QED) is 0.822. The molecule has 0 fully saturated rings. The van der Waals surface area contributed by atoms with Gasteiger partial charge in [-0.05, 0) is 42.5 Å². The van der Waals surface area contributed by atoms with Crippen molar-refractivity contribution >= 4 is 28.8 Å². The third-order valence-corrected chi connectivity index (χ3v) is 3.09. The smallest absolute Gasteiger partial charge is 0.416 e. The molecule has 0 amide bonds. The lowest BCUT2D eigenvalue weighted by Gasteiger charge is -2.13. The number of ether oxygens (including phenoxy) is 1. The first-order valence-corrected chi connectivity index (χ1v) is 6.50. The normalized spacial score (nSPS) is 11.2. The summed E-state index contributed by atoms with van der Waals surface area (Å²) in [7, 11) is 0. The van der Waals surface area contributed by atoms with Gasteiger partial charge in [0, 0.05) is 5.02 Å². The number of rotatable bonds is 3. The molecule has 110 valence electrons. The Hall–Kier alpha value is -1.79. The molecule has 0 atom stereocenters. The molecule has 2 aromatic carbocycles. The van der Waals surface area contributed by atoms with Crippen LogP contribution in [0.4, 0.5) is 13.2 Å². The number of benzene rings is 2. The van der Waals surface area contributed by atoms with Crippen LogP contribution < -0.4 is 10.5 Å². The summed E-state index contributed by atoms with van der Waals surface area (Å²) in [6, 6.07) is 9.34. The predicted molar refractivity (Wildman–Crippen MR) is 78.9 cm³/mol. The van der Waals surface area contributed by atoms with Crippen LogP contribution in [0.25, 0.3) is 0 Å². The van der Waals surface area contributed by atoms with E-state index in [1.54, 1.807) is 24.3 Å². The Labute approximate surface area is 129 Å². The van der Waals surface area contributed by atoms with Crippen molar-refractivity contribution in [3.05, 3.63) is 58.6 Å². The van der Waals surface area contributed by atoms with Gasteiger partial charge in [-0.2, -0.15) is 13.2 Å². The summed E-state index contributed by atoms with van der Waals surface area (Å²) >= 11 is 10.5. The van der Waals surface area contributed by atoms with Crippen molar-refractivity contribution < 1.29 is 17.9 Å². The highest BCUT2D eigenvalue weighted by Crippen LogP contribution is 2.34. The number of alkyl halides is 3. The average molecular weight is 332 g/mol. The summed E-state index contributed by atoms with van der Waals surface area (Å²) in [5, 5.41) is 0.518. The Bertz CT molecular complexity index is 671. The molecule has 0 saturated heterocycles. The Morgan fingerprint density at radius 1 is 1.10 bits per heavy atom. The van der Waals surface area contributed by atoms with Gasteiger partial charge in [-0.25, -0.2) is 0 Å². The lowest BCUT2D eigenvalue weighted by Crippen LogP contribution is -2.13. The van der Waals surface area contributed by atoms with Crippen LogP contribution in [0.5, 0.6) is 11.5 Å². The van der Waals surface area contributed by atoms with Crippen LogP contribution in [0.15, 0.2) is 42.5 Å². The van der Waals surface area contributed by atoms with Gasteiger partial charge in [0.25, 0.3) is 0 Å². The van der Waals surface area contributed by atoms with E-state index < -0.39 is 11.7 Å². The van der Waals surface area contributed by atoms with Gasteiger partial charge in [-0.15, -0.1) is 0 Å². The Morgan fingerprint density at radius 2 is 1.71 bits per heavy atom. The maximum atomic E-state index is 12.7. The van der Waals surface area contributed by atoms with Crippen LogP contribution in [0.3, 0.4) is 0 Å². The van der Waals surface area contributed by atoms with Crippen molar-refractivity contribution in [2.75, 3.05) is 0 Å². The molecule has 0 saturated carbocycles. The zero-order chi connectivity index (χ0) is 15.6. The first-order valence-electron chi connectivity index (χ1n) is 5.72. The van der Waals surface area contributed by atoms with Crippen molar-refractivity contribution in [2.45, 2.75) is 6.18 Å². The van der Waals surface area contributed by atoms with E-state index in [-0.39, 0.29) is 16.3 Å². The second kappa shape index (κ2) is 5.91. The van der Waals surface area contributed by atoms with E-state index in [0.29, 0.717) is 10.8 Å². The van der Waals surface area contributed by atoms with E-state index in [0.717, 1.165) is 12.1 Å². The number of thiocarbonyl (C=S) groups is 1. The molecule has 2 nitrogen and oxygen atoms in total. The fourth-order valence-electron chi connectivity index (χ4n) is 1.62. The molecule has 0 spiro atoms. The highest BCUT2D eigenvalue weighted by atomic mass is 35.5. The van der Waals surface area contributed by atoms with Gasteiger partial charge in [0.2, 0.25) is 0 Å². The summed E-state index contributed by atoms with van der Waals surface area (Å²) < 4.78 is 43.6. The zero-order valence-electron chi connectivity index (χ0n) is 10.4. The second-order valence-corrected chi connectivity index (χ2v) is 5.01. The van der Waals surface area contributed by atoms with Crippen molar-refractivity contribution in [1.29, 1.82) is 0 Å². The summed E-state index contributed by atoms with van der Waals surface area (Å²) in [5.74, 6) is 0.564. The second-order valence-electron chi connectivity index (χ2n) is 4.13. The van der Waals surface area contributed by atoms with Gasteiger partial charge < -0.3 is 10.5 Å². The van der Waals surface area contributed by atoms with E-state index >= 15 is 0 Å². The van der Waals surface area contributed by atoms with E-state index in [9.17, 15) is 13.2 Å². The summed E-state index contributed by atoms with van der Waals surface area (Å²) in [4.78, 5) is -0.176. The highest BCUT2D eigenvalue weighted by molar-refractivity contribution is 7.80. The molecular weight excluding hydrogens is 323 g/mol. The van der Waals surface area contributed by atoms with Gasteiger partial charge in [0.05, 0.1) is 11.1 Å². The van der Waals surface area contributed by atoms with E-state index in [1.807, 2.05) is 0 Å². The fraction of sp³-hybridized carbons (Fsp3) is 0.0714. The minimum Gasteiger partial charge on any atom is -0.457 e. The molecular formula is C14H9ClF3NOS. The topological polar surface area (TPSA) is 35.2 Å². The molecule has 0 aliphatic heterocycles. The molecule has 0 aliphatic rings. The van der Waals surface area contributed by atoms with Crippen molar-refractivity contribution in [3.63, 3.8) is 0 Å².